The number of fused-ring (bicyclic) bond motifs is 1. The molecule has 1 aliphatic rings. The molecule has 1 aliphatic heterocycles. The number of carboxylic acid groups (broad SMARTS) is 1. The zero-order valence-electron chi connectivity index (χ0n) is 17.6. The first-order valence-electron chi connectivity index (χ1n) is 10.1. The average molecular weight is 433 g/mol. The number of pyridine rings is 1. The molecule has 3 amide bonds. The summed E-state index contributed by atoms with van der Waals surface area (Å²) in [5.41, 5.74) is 6.59. The number of aromatic nitrogens is 2. The zero-order chi connectivity index (χ0) is 22.5. The molecule has 0 unspecified atom stereocenters. The molecule has 2 aromatic rings. The van der Waals surface area contributed by atoms with Crippen molar-refractivity contribution in [2.75, 3.05) is 38.3 Å². The van der Waals surface area contributed by atoms with Crippen molar-refractivity contribution in [2.24, 2.45) is 5.73 Å². The van der Waals surface area contributed by atoms with Gasteiger partial charge in [-0.1, -0.05) is 0 Å². The number of urea groups is 1. The first-order chi connectivity index (χ1) is 14.9. The fourth-order valence-corrected chi connectivity index (χ4v) is 3.89. The van der Waals surface area contributed by atoms with Gasteiger partial charge in [0.1, 0.15) is 11.3 Å². The van der Waals surface area contributed by atoms with E-state index in [1.54, 1.807) is 6.92 Å². The van der Waals surface area contributed by atoms with Crippen molar-refractivity contribution in [3.05, 3.63) is 18.5 Å². The van der Waals surface area contributed by atoms with Crippen molar-refractivity contribution in [1.82, 2.24) is 14.5 Å². The largest absolute Gasteiger partial charge is 0.494 e. The average Bonchev–Trinajstić information content (AvgIpc) is 3.18. The number of nitrogens with two attached hydrogens (primary N) is 1. The summed E-state index contributed by atoms with van der Waals surface area (Å²) in [6.07, 6.45) is 3.82. The number of primary amides is 1. The number of likely N-dealkylation sites (tertiary alicyclic amines) is 1. The van der Waals surface area contributed by atoms with Gasteiger partial charge >= 0.3 is 18.1 Å². The molecule has 0 spiro atoms. The van der Waals surface area contributed by atoms with Crippen molar-refractivity contribution in [3.63, 3.8) is 0 Å². The molecule has 11 heteroatoms. The Morgan fingerprint density at radius 2 is 2.03 bits per heavy atom. The summed E-state index contributed by atoms with van der Waals surface area (Å²) < 4.78 is 12.5. The van der Waals surface area contributed by atoms with Crippen molar-refractivity contribution >= 4 is 34.8 Å². The molecule has 0 atom stereocenters. The van der Waals surface area contributed by atoms with E-state index in [1.807, 2.05) is 16.8 Å². The molecule has 3 rings (SSSR count). The molecule has 3 heterocycles. The van der Waals surface area contributed by atoms with Crippen LogP contribution in [0.2, 0.25) is 0 Å². The van der Waals surface area contributed by atoms with Crippen LogP contribution in [-0.4, -0.2) is 71.0 Å². The number of methoxy groups -OCH3 is 1. The lowest BCUT2D eigenvalue weighted by Gasteiger charge is -2.31. The van der Waals surface area contributed by atoms with Gasteiger partial charge in [-0.25, -0.2) is 14.6 Å². The van der Waals surface area contributed by atoms with Gasteiger partial charge in [0, 0.05) is 31.9 Å². The number of hydrogen-bond acceptors (Lipinski definition) is 6. The predicted molar refractivity (Wildman–Crippen MR) is 112 cm³/mol. The molecule has 31 heavy (non-hydrogen) atoms. The van der Waals surface area contributed by atoms with Gasteiger partial charge in [0.2, 0.25) is 0 Å². The second kappa shape index (κ2) is 9.54. The van der Waals surface area contributed by atoms with Crippen molar-refractivity contribution in [1.29, 1.82) is 0 Å². The summed E-state index contributed by atoms with van der Waals surface area (Å²) in [6.45, 7) is 2.91. The number of nitrogens with zero attached hydrogens (tertiary/aromatic N) is 4. The fourth-order valence-electron chi connectivity index (χ4n) is 3.89. The minimum Gasteiger partial charge on any atom is -0.494 e. The second-order valence-electron chi connectivity index (χ2n) is 7.18. The molecule has 3 N–H and O–H groups in total. The number of ether oxygens (including phenoxy) is 2. The molecular formula is C20H27N5O6. The number of carbonyl (C=O) groups excluding carboxylic acids is 2. The topological polar surface area (TPSA) is 140 Å². The van der Waals surface area contributed by atoms with Crippen LogP contribution in [0.15, 0.2) is 18.5 Å². The Morgan fingerprint density at radius 3 is 2.61 bits per heavy atom. The molecular weight excluding hydrogens is 406 g/mol. The molecule has 2 aromatic heterocycles. The van der Waals surface area contributed by atoms with Gasteiger partial charge in [0.05, 0.1) is 31.7 Å². The number of rotatable bonds is 7. The third-order valence-corrected chi connectivity index (χ3v) is 5.41. The normalized spacial score (nSPS) is 14.5. The maximum absolute atomic E-state index is 12.1. The Kier molecular flexibility index (Phi) is 6.83. The maximum atomic E-state index is 12.1. The molecule has 1 saturated heterocycles. The van der Waals surface area contributed by atoms with Crippen LogP contribution in [0, 0.1) is 0 Å². The molecule has 0 bridgehead atoms. The van der Waals surface area contributed by atoms with Crippen LogP contribution in [0.5, 0.6) is 5.75 Å². The van der Waals surface area contributed by atoms with Crippen molar-refractivity contribution in [3.8, 4) is 5.75 Å². The Bertz CT molecular complexity index is 966. The van der Waals surface area contributed by atoms with Crippen LogP contribution in [0.4, 0.5) is 15.3 Å². The monoisotopic (exact) mass is 433 g/mol. The lowest BCUT2D eigenvalue weighted by atomic mass is 10.1. The van der Waals surface area contributed by atoms with E-state index in [-0.39, 0.29) is 25.6 Å². The summed E-state index contributed by atoms with van der Waals surface area (Å²) in [5, 5.41) is 9.85. The van der Waals surface area contributed by atoms with E-state index in [0.717, 1.165) is 0 Å². The Balaban J connectivity index is 1.88. The Morgan fingerprint density at radius 1 is 1.32 bits per heavy atom. The van der Waals surface area contributed by atoms with E-state index in [0.29, 0.717) is 48.4 Å². The third-order valence-electron chi connectivity index (χ3n) is 5.41. The molecule has 11 nitrogen and oxygen atoms in total. The predicted octanol–water partition coefficient (Wildman–Crippen LogP) is 2.20. The van der Waals surface area contributed by atoms with Gasteiger partial charge in [-0.3, -0.25) is 9.69 Å². The van der Waals surface area contributed by atoms with Crippen LogP contribution >= 0.6 is 0 Å². The number of hydrogen-bond donors (Lipinski definition) is 2. The van der Waals surface area contributed by atoms with Crippen molar-refractivity contribution < 1.29 is 29.0 Å². The van der Waals surface area contributed by atoms with E-state index in [2.05, 4.69) is 4.98 Å². The number of carbonyl (C=O) groups is 3. The standard InChI is InChI=1S/C20H27N5O6/c1-3-31-16(26)7-11-25(19(21)27)15-12-22-18-14(17(15)30-2)6-10-24(18)13-4-8-23(9-5-13)20(28)29/h6,10,12-13H,3-5,7-9,11H2,1-2H3,(H2,21,27)(H,28,29). The molecule has 0 radical (unpaired) electrons. The van der Waals surface area contributed by atoms with Gasteiger partial charge in [-0.05, 0) is 25.8 Å². The van der Waals surface area contributed by atoms with Gasteiger partial charge in [0.25, 0.3) is 0 Å². The van der Waals surface area contributed by atoms with Gasteiger partial charge in [-0.15, -0.1) is 0 Å². The van der Waals surface area contributed by atoms with E-state index >= 15 is 0 Å². The SMILES string of the molecule is CCOC(=O)CCN(C(N)=O)c1cnc2c(ccn2C2CCN(C(=O)O)CC2)c1OC. The maximum Gasteiger partial charge on any atom is 0.407 e. The minimum absolute atomic E-state index is 0.0128. The highest BCUT2D eigenvalue weighted by Crippen LogP contribution is 2.37. The van der Waals surface area contributed by atoms with E-state index in [4.69, 9.17) is 20.3 Å². The Hall–Kier alpha value is -3.50. The highest BCUT2D eigenvalue weighted by atomic mass is 16.5. The highest BCUT2D eigenvalue weighted by Gasteiger charge is 2.27. The third kappa shape index (κ3) is 4.65. The molecule has 0 aliphatic carbocycles. The Labute approximate surface area is 179 Å². The second-order valence-corrected chi connectivity index (χ2v) is 7.18. The van der Waals surface area contributed by atoms with Crippen LogP contribution in [0.1, 0.15) is 32.2 Å². The first-order valence-corrected chi connectivity index (χ1v) is 10.1. The van der Waals surface area contributed by atoms with E-state index < -0.39 is 18.1 Å². The fraction of sp³-hybridized carbons (Fsp3) is 0.500. The van der Waals surface area contributed by atoms with E-state index in [9.17, 15) is 14.4 Å². The van der Waals surface area contributed by atoms with Crippen molar-refractivity contribution in [2.45, 2.75) is 32.2 Å². The molecule has 168 valence electrons. The van der Waals surface area contributed by atoms with Gasteiger partial charge < -0.3 is 29.8 Å². The zero-order valence-corrected chi connectivity index (χ0v) is 17.6. The molecule has 0 saturated carbocycles. The van der Waals surface area contributed by atoms with Crippen LogP contribution < -0.4 is 15.4 Å². The molecule has 1 fully saturated rings. The summed E-state index contributed by atoms with van der Waals surface area (Å²) in [5.74, 6) is -0.00464. The minimum atomic E-state index is -0.908. The number of piperidine rings is 1. The van der Waals surface area contributed by atoms with Crippen LogP contribution in [0.25, 0.3) is 11.0 Å². The first kappa shape index (κ1) is 22.2. The van der Waals surface area contributed by atoms with Crippen LogP contribution in [-0.2, 0) is 9.53 Å². The summed E-state index contributed by atoms with van der Waals surface area (Å²) in [6, 6.07) is 1.22. The van der Waals surface area contributed by atoms with E-state index in [1.165, 1.54) is 23.1 Å². The summed E-state index contributed by atoms with van der Waals surface area (Å²) in [4.78, 5) is 42.1. The quantitative estimate of drug-likeness (QED) is 0.638. The number of esters is 1. The van der Waals surface area contributed by atoms with Gasteiger partial charge in [-0.2, -0.15) is 0 Å². The van der Waals surface area contributed by atoms with Gasteiger partial charge in [0.15, 0.2) is 5.75 Å². The number of anilines is 1. The van der Waals surface area contributed by atoms with Crippen LogP contribution in [0.3, 0.4) is 0 Å². The smallest absolute Gasteiger partial charge is 0.407 e. The lowest BCUT2D eigenvalue weighted by Crippen LogP contribution is -2.38. The summed E-state index contributed by atoms with van der Waals surface area (Å²) >= 11 is 0. The number of amides is 3. The lowest BCUT2D eigenvalue weighted by molar-refractivity contribution is -0.142. The molecule has 0 aromatic carbocycles. The highest BCUT2D eigenvalue weighted by molar-refractivity contribution is 5.98. The summed E-state index contributed by atoms with van der Waals surface area (Å²) in [7, 11) is 1.49.